The van der Waals surface area contributed by atoms with Gasteiger partial charge in [-0.1, -0.05) is 12.1 Å². The second-order valence-electron chi connectivity index (χ2n) is 3.72. The van der Waals surface area contributed by atoms with Crippen LogP contribution in [-0.4, -0.2) is 23.1 Å². The second kappa shape index (κ2) is 4.22. The van der Waals surface area contributed by atoms with Gasteiger partial charge in [-0.05, 0) is 30.5 Å². The highest BCUT2D eigenvalue weighted by Crippen LogP contribution is 2.12. The number of aromatic hydroxyl groups is 1. The Labute approximate surface area is 92.5 Å². The summed E-state index contributed by atoms with van der Waals surface area (Å²) in [5.41, 5.74) is 1.02. The first-order chi connectivity index (χ1) is 7.65. The lowest BCUT2D eigenvalue weighted by Gasteiger charge is -2.06. The van der Waals surface area contributed by atoms with Crippen molar-refractivity contribution in [2.75, 3.05) is 0 Å². The van der Waals surface area contributed by atoms with Gasteiger partial charge in [-0.3, -0.25) is 10.1 Å². The van der Waals surface area contributed by atoms with Crippen LogP contribution >= 0.6 is 0 Å². The number of urea groups is 1. The summed E-state index contributed by atoms with van der Waals surface area (Å²) >= 11 is 0. The van der Waals surface area contributed by atoms with Gasteiger partial charge in [0.1, 0.15) is 11.8 Å². The number of aryl methyl sites for hydroxylation is 1. The fourth-order valence-corrected chi connectivity index (χ4v) is 1.64. The molecule has 0 aromatic heterocycles. The molecule has 1 saturated heterocycles. The van der Waals surface area contributed by atoms with E-state index >= 15 is 0 Å². The second-order valence-corrected chi connectivity index (χ2v) is 3.72. The Morgan fingerprint density at radius 3 is 2.44 bits per heavy atom. The number of phenolic OH excluding ortho intramolecular Hbond substituents is 1. The largest absolute Gasteiger partial charge is 0.508 e. The lowest BCUT2D eigenvalue weighted by Crippen LogP contribution is -2.29. The maximum Gasteiger partial charge on any atom is 0.322 e. The third-order valence-electron chi connectivity index (χ3n) is 2.52. The highest BCUT2D eigenvalue weighted by Gasteiger charge is 2.28. The first kappa shape index (κ1) is 10.5. The van der Waals surface area contributed by atoms with Crippen LogP contribution in [0.25, 0.3) is 0 Å². The molecule has 1 unspecified atom stereocenters. The zero-order chi connectivity index (χ0) is 11.5. The molecule has 0 bridgehead atoms. The number of phenols is 1. The van der Waals surface area contributed by atoms with E-state index in [1.54, 1.807) is 24.3 Å². The number of imide groups is 1. The lowest BCUT2D eigenvalue weighted by atomic mass is 10.1. The molecule has 1 aromatic rings. The van der Waals surface area contributed by atoms with Gasteiger partial charge in [-0.2, -0.15) is 0 Å². The van der Waals surface area contributed by atoms with E-state index in [1.165, 1.54) is 0 Å². The fraction of sp³-hybridized carbons (Fsp3) is 0.273. The van der Waals surface area contributed by atoms with Crippen LogP contribution in [0.15, 0.2) is 24.3 Å². The molecule has 84 valence electrons. The Balaban J connectivity index is 1.90. The van der Waals surface area contributed by atoms with E-state index in [1.807, 2.05) is 0 Å². The molecule has 1 atom stereocenters. The molecule has 5 heteroatoms. The van der Waals surface area contributed by atoms with Crippen LogP contribution in [0, 0.1) is 0 Å². The van der Waals surface area contributed by atoms with Gasteiger partial charge < -0.3 is 10.4 Å². The molecule has 1 aliphatic rings. The third kappa shape index (κ3) is 2.31. The molecule has 3 amide bonds. The molecule has 1 fully saturated rings. The van der Waals surface area contributed by atoms with Gasteiger partial charge in [-0.15, -0.1) is 0 Å². The highest BCUT2D eigenvalue weighted by atomic mass is 16.3. The number of hydrogen-bond acceptors (Lipinski definition) is 3. The van der Waals surface area contributed by atoms with Crippen LogP contribution in [0.2, 0.25) is 0 Å². The van der Waals surface area contributed by atoms with Gasteiger partial charge in [-0.25, -0.2) is 4.79 Å². The summed E-state index contributed by atoms with van der Waals surface area (Å²) in [7, 11) is 0. The average molecular weight is 220 g/mol. The minimum atomic E-state index is -0.443. The number of carbonyl (C=O) groups is 2. The van der Waals surface area contributed by atoms with E-state index in [4.69, 9.17) is 5.11 Å². The normalized spacial score (nSPS) is 19.4. The van der Waals surface area contributed by atoms with Crippen LogP contribution in [0.3, 0.4) is 0 Å². The first-order valence-corrected chi connectivity index (χ1v) is 5.04. The number of benzene rings is 1. The molecule has 2 rings (SSSR count). The van der Waals surface area contributed by atoms with Crippen molar-refractivity contribution in [1.82, 2.24) is 10.6 Å². The molecule has 0 radical (unpaired) electrons. The Hall–Kier alpha value is -2.04. The maximum absolute atomic E-state index is 11.2. The predicted molar refractivity (Wildman–Crippen MR) is 56.9 cm³/mol. The number of rotatable bonds is 3. The van der Waals surface area contributed by atoms with Crippen molar-refractivity contribution in [3.8, 4) is 5.75 Å². The van der Waals surface area contributed by atoms with E-state index in [9.17, 15) is 9.59 Å². The Bertz CT molecular complexity index is 414. The Morgan fingerprint density at radius 2 is 1.88 bits per heavy atom. The average Bonchev–Trinajstić information content (AvgIpc) is 2.57. The Morgan fingerprint density at radius 1 is 1.19 bits per heavy atom. The van der Waals surface area contributed by atoms with E-state index in [2.05, 4.69) is 10.6 Å². The van der Waals surface area contributed by atoms with Crippen LogP contribution < -0.4 is 10.6 Å². The zero-order valence-electron chi connectivity index (χ0n) is 8.56. The van der Waals surface area contributed by atoms with Crippen molar-refractivity contribution in [1.29, 1.82) is 0 Å². The minimum absolute atomic E-state index is 0.218. The topological polar surface area (TPSA) is 78.4 Å². The monoisotopic (exact) mass is 220 g/mol. The number of nitrogens with one attached hydrogen (secondary N) is 2. The lowest BCUT2D eigenvalue weighted by molar-refractivity contribution is -0.120. The molecular weight excluding hydrogens is 208 g/mol. The van der Waals surface area contributed by atoms with Crippen LogP contribution in [0.4, 0.5) is 4.79 Å². The van der Waals surface area contributed by atoms with Crippen molar-refractivity contribution in [2.24, 2.45) is 0 Å². The quantitative estimate of drug-likeness (QED) is 0.650. The molecule has 0 saturated carbocycles. The van der Waals surface area contributed by atoms with Crippen molar-refractivity contribution < 1.29 is 14.7 Å². The maximum atomic E-state index is 11.2. The Kier molecular flexibility index (Phi) is 2.76. The van der Waals surface area contributed by atoms with Crippen molar-refractivity contribution in [3.05, 3.63) is 29.8 Å². The number of amides is 3. The molecule has 1 aliphatic heterocycles. The van der Waals surface area contributed by atoms with Gasteiger partial charge in [0.2, 0.25) is 0 Å². The van der Waals surface area contributed by atoms with Gasteiger partial charge in [0.05, 0.1) is 0 Å². The summed E-state index contributed by atoms with van der Waals surface area (Å²) in [4.78, 5) is 22.1. The fourth-order valence-electron chi connectivity index (χ4n) is 1.64. The van der Waals surface area contributed by atoms with Gasteiger partial charge in [0, 0.05) is 0 Å². The summed E-state index contributed by atoms with van der Waals surface area (Å²) in [6.07, 6.45) is 1.24. The smallest absolute Gasteiger partial charge is 0.322 e. The summed E-state index contributed by atoms with van der Waals surface area (Å²) in [5, 5.41) is 13.8. The summed E-state index contributed by atoms with van der Waals surface area (Å²) < 4.78 is 0. The third-order valence-corrected chi connectivity index (χ3v) is 2.52. The molecule has 0 aliphatic carbocycles. The van der Waals surface area contributed by atoms with Crippen LogP contribution in [0.1, 0.15) is 12.0 Å². The van der Waals surface area contributed by atoms with E-state index in [0.29, 0.717) is 12.8 Å². The molecule has 16 heavy (non-hydrogen) atoms. The number of carbonyl (C=O) groups excluding carboxylic acids is 2. The van der Waals surface area contributed by atoms with Crippen molar-refractivity contribution in [2.45, 2.75) is 18.9 Å². The van der Waals surface area contributed by atoms with Gasteiger partial charge in [0.25, 0.3) is 5.91 Å². The molecule has 0 spiro atoms. The molecule has 1 heterocycles. The predicted octanol–water partition coefficient (Wildman–Crippen LogP) is 0.533. The van der Waals surface area contributed by atoms with Gasteiger partial charge in [0.15, 0.2) is 0 Å². The number of hydrogen-bond donors (Lipinski definition) is 3. The van der Waals surface area contributed by atoms with Crippen molar-refractivity contribution >= 4 is 11.9 Å². The van der Waals surface area contributed by atoms with E-state index in [-0.39, 0.29) is 11.7 Å². The molecule has 1 aromatic carbocycles. The summed E-state index contributed by atoms with van der Waals surface area (Å²) in [6.45, 7) is 0. The molecule has 5 nitrogen and oxygen atoms in total. The highest BCUT2D eigenvalue weighted by molar-refractivity contribution is 6.04. The minimum Gasteiger partial charge on any atom is -0.508 e. The van der Waals surface area contributed by atoms with Crippen LogP contribution in [0.5, 0.6) is 5.75 Å². The summed E-state index contributed by atoms with van der Waals surface area (Å²) in [5.74, 6) is -0.0561. The SMILES string of the molecule is O=C1NC(=O)C(CCc2ccc(O)cc2)N1. The van der Waals surface area contributed by atoms with Gasteiger partial charge >= 0.3 is 6.03 Å². The molecule has 3 N–H and O–H groups in total. The van der Waals surface area contributed by atoms with E-state index in [0.717, 1.165) is 5.56 Å². The van der Waals surface area contributed by atoms with Crippen LogP contribution in [-0.2, 0) is 11.2 Å². The van der Waals surface area contributed by atoms with Crippen molar-refractivity contribution in [3.63, 3.8) is 0 Å². The molecular formula is C11H12N2O3. The zero-order valence-corrected chi connectivity index (χ0v) is 8.56. The first-order valence-electron chi connectivity index (χ1n) is 5.04. The standard InChI is InChI=1S/C11H12N2O3/c14-8-4-1-7(2-5-8)3-6-9-10(15)13-11(16)12-9/h1-2,4-5,9,14H,3,6H2,(H2,12,13,15,16). The van der Waals surface area contributed by atoms with E-state index < -0.39 is 12.1 Å². The summed E-state index contributed by atoms with van der Waals surface area (Å²) in [6, 6.07) is 5.92.